The molecule has 300 valence electrons. The topological polar surface area (TPSA) is 16.4 Å². The Balaban J connectivity index is 0.942. The molecule has 0 atom stereocenters. The van der Waals surface area contributed by atoms with Crippen LogP contribution in [0.3, 0.4) is 0 Å². The van der Waals surface area contributed by atoms with E-state index in [4.69, 9.17) is 4.42 Å². The molecule has 2 heteroatoms. The van der Waals surface area contributed by atoms with Gasteiger partial charge in [-0.3, -0.25) is 0 Å². The second-order valence-corrected chi connectivity index (χ2v) is 16.4. The third-order valence-corrected chi connectivity index (χ3v) is 12.7. The minimum absolute atomic E-state index is 0.899. The molecule has 12 aromatic rings. The molecule has 0 spiro atoms. The van der Waals surface area contributed by atoms with E-state index in [9.17, 15) is 0 Å². The van der Waals surface area contributed by atoms with Crippen LogP contribution < -0.4 is 4.90 Å². The monoisotopic (exact) mass is 815 g/mol. The first kappa shape index (κ1) is 37.3. The van der Waals surface area contributed by atoms with E-state index < -0.39 is 0 Å². The number of fused-ring (bicyclic) bond motifs is 5. The van der Waals surface area contributed by atoms with Crippen molar-refractivity contribution in [3.63, 3.8) is 0 Å². The number of rotatable bonds is 8. The first-order chi connectivity index (χ1) is 31.7. The largest absolute Gasteiger partial charge is 0.455 e. The predicted octanol–water partition coefficient (Wildman–Crippen LogP) is 17.7. The lowest BCUT2D eigenvalue weighted by Crippen LogP contribution is -2.09. The molecular weight excluding hydrogens is 775 g/mol. The average Bonchev–Trinajstić information content (AvgIpc) is 3.76. The number of nitrogens with zero attached hydrogens (tertiary/aromatic N) is 1. The van der Waals surface area contributed by atoms with Crippen LogP contribution in [-0.2, 0) is 0 Å². The highest BCUT2D eigenvalue weighted by atomic mass is 16.3. The Morgan fingerprint density at radius 3 is 1.38 bits per heavy atom. The molecule has 11 aromatic carbocycles. The smallest absolute Gasteiger partial charge is 0.143 e. The first-order valence-electron chi connectivity index (χ1n) is 21.9. The number of benzene rings is 11. The molecule has 1 heterocycles. The zero-order chi connectivity index (χ0) is 42.4. The summed E-state index contributed by atoms with van der Waals surface area (Å²) in [6.07, 6.45) is 0. The lowest BCUT2D eigenvalue weighted by atomic mass is 9.89. The van der Waals surface area contributed by atoms with Crippen molar-refractivity contribution < 1.29 is 4.42 Å². The van der Waals surface area contributed by atoms with Gasteiger partial charge in [-0.05, 0) is 109 Å². The normalized spacial score (nSPS) is 11.4. The summed E-state index contributed by atoms with van der Waals surface area (Å²) in [6, 6.07) is 89.5. The van der Waals surface area contributed by atoms with Gasteiger partial charge in [0.1, 0.15) is 11.2 Å². The van der Waals surface area contributed by atoms with Gasteiger partial charge in [0.05, 0.1) is 0 Å². The maximum Gasteiger partial charge on any atom is 0.143 e. The highest BCUT2D eigenvalue weighted by molar-refractivity contribution is 6.13. The fraction of sp³-hybridized carbons (Fsp3) is 0. The van der Waals surface area contributed by atoms with Gasteiger partial charge in [0.15, 0.2) is 0 Å². The molecule has 0 aliphatic carbocycles. The van der Waals surface area contributed by atoms with Gasteiger partial charge in [0.25, 0.3) is 0 Å². The summed E-state index contributed by atoms with van der Waals surface area (Å²) < 4.78 is 6.80. The molecule has 0 saturated heterocycles. The van der Waals surface area contributed by atoms with E-state index in [1.54, 1.807) is 0 Å². The van der Waals surface area contributed by atoms with E-state index in [-0.39, 0.29) is 0 Å². The minimum atomic E-state index is 0.899. The molecule has 0 saturated carbocycles. The predicted molar refractivity (Wildman–Crippen MR) is 271 cm³/mol. The second kappa shape index (κ2) is 15.8. The fourth-order valence-electron chi connectivity index (χ4n) is 9.52. The Bertz CT molecular complexity index is 3640. The van der Waals surface area contributed by atoms with Gasteiger partial charge in [-0.1, -0.05) is 206 Å². The first-order valence-corrected chi connectivity index (χ1v) is 21.9. The summed E-state index contributed by atoms with van der Waals surface area (Å²) in [5.41, 5.74) is 16.7. The maximum absolute atomic E-state index is 6.80. The van der Waals surface area contributed by atoms with Crippen LogP contribution in [0.25, 0.3) is 99.1 Å². The molecule has 0 bridgehead atoms. The van der Waals surface area contributed by atoms with Crippen molar-refractivity contribution in [1.82, 2.24) is 0 Å². The third-order valence-electron chi connectivity index (χ3n) is 12.7. The molecule has 0 radical (unpaired) electrons. The van der Waals surface area contributed by atoms with Gasteiger partial charge >= 0.3 is 0 Å². The zero-order valence-corrected chi connectivity index (χ0v) is 35.0. The molecule has 12 rings (SSSR count). The van der Waals surface area contributed by atoms with Crippen LogP contribution in [-0.4, -0.2) is 0 Å². The Hall–Kier alpha value is -8.46. The summed E-state index contributed by atoms with van der Waals surface area (Å²) in [5, 5.41) is 7.14. The minimum Gasteiger partial charge on any atom is -0.455 e. The Labute approximate surface area is 372 Å². The van der Waals surface area contributed by atoms with Crippen molar-refractivity contribution in [2.24, 2.45) is 0 Å². The molecule has 2 nitrogen and oxygen atoms in total. The van der Waals surface area contributed by atoms with Crippen LogP contribution in [0.1, 0.15) is 0 Å². The van der Waals surface area contributed by atoms with Gasteiger partial charge in [-0.15, -0.1) is 0 Å². The summed E-state index contributed by atoms with van der Waals surface area (Å²) in [5.74, 6) is 0. The van der Waals surface area contributed by atoms with E-state index in [1.165, 1.54) is 49.4 Å². The molecule has 0 fully saturated rings. The highest BCUT2D eigenvalue weighted by Crippen LogP contribution is 2.43. The number of hydrogen-bond donors (Lipinski definition) is 0. The van der Waals surface area contributed by atoms with Crippen molar-refractivity contribution in [2.75, 3.05) is 4.90 Å². The molecule has 1 aromatic heterocycles. The third kappa shape index (κ3) is 6.61. The molecule has 0 aliphatic heterocycles. The highest BCUT2D eigenvalue weighted by Gasteiger charge is 2.19. The van der Waals surface area contributed by atoms with Gasteiger partial charge < -0.3 is 9.32 Å². The number of anilines is 3. The van der Waals surface area contributed by atoms with Crippen molar-refractivity contribution in [3.05, 3.63) is 249 Å². The summed E-state index contributed by atoms with van der Waals surface area (Å²) in [4.78, 5) is 2.36. The van der Waals surface area contributed by atoms with Crippen molar-refractivity contribution in [2.45, 2.75) is 0 Å². The Morgan fingerprint density at radius 2 is 0.703 bits per heavy atom. The average molecular weight is 816 g/mol. The quantitative estimate of drug-likeness (QED) is 0.152. The number of furan rings is 1. The fourth-order valence-corrected chi connectivity index (χ4v) is 9.52. The van der Waals surface area contributed by atoms with Crippen LogP contribution in [0, 0.1) is 0 Å². The van der Waals surface area contributed by atoms with Gasteiger partial charge in [0, 0.05) is 39.0 Å². The summed E-state index contributed by atoms with van der Waals surface area (Å²) in [6.45, 7) is 0. The van der Waals surface area contributed by atoms with E-state index in [0.29, 0.717) is 0 Å². The van der Waals surface area contributed by atoms with Crippen LogP contribution in [0.5, 0.6) is 0 Å². The molecule has 0 amide bonds. The lowest BCUT2D eigenvalue weighted by Gasteiger charge is -2.26. The zero-order valence-electron chi connectivity index (χ0n) is 35.0. The van der Waals surface area contributed by atoms with E-state index in [1.807, 2.05) is 0 Å². The van der Waals surface area contributed by atoms with E-state index >= 15 is 0 Å². The summed E-state index contributed by atoms with van der Waals surface area (Å²) in [7, 11) is 0. The van der Waals surface area contributed by atoms with Crippen LogP contribution in [0.4, 0.5) is 17.1 Å². The number of para-hydroxylation sites is 2. The van der Waals surface area contributed by atoms with E-state index in [0.717, 1.165) is 66.8 Å². The van der Waals surface area contributed by atoms with E-state index in [2.05, 4.69) is 254 Å². The molecule has 0 unspecified atom stereocenters. The SMILES string of the molecule is c1ccc(-c2ccc(-c3ccc(N(c4ccc(-c5cccc6c5oc5c(-c7ccccc7)cccc56)cc4)c4ccc5ccccc5c4)cc3)cc2-c2cccc3ccccc23)cc1. The van der Waals surface area contributed by atoms with Crippen LogP contribution in [0.15, 0.2) is 253 Å². The van der Waals surface area contributed by atoms with Gasteiger partial charge in [-0.2, -0.15) is 0 Å². The number of hydrogen-bond acceptors (Lipinski definition) is 2. The lowest BCUT2D eigenvalue weighted by molar-refractivity contribution is 0.671. The van der Waals surface area contributed by atoms with Crippen LogP contribution >= 0.6 is 0 Å². The van der Waals surface area contributed by atoms with Gasteiger partial charge in [0.2, 0.25) is 0 Å². The van der Waals surface area contributed by atoms with Crippen molar-refractivity contribution in [1.29, 1.82) is 0 Å². The standard InChI is InChI=1S/C62H41NO/c1-3-15-44(16-4-1)54-39-33-49(41-60(54)57-25-11-21-45-19-9-10-22-53(45)57)43-28-34-50(35-29-43)63(52-38-30-42-14-7-8-20-48(42)40-52)51-36-31-47(32-37-51)56-24-13-27-59-58-26-12-23-55(61(58)64-62(56)59)46-17-5-2-6-18-46/h1-41H. The Kier molecular flexibility index (Phi) is 9.20. The molecule has 0 N–H and O–H groups in total. The van der Waals surface area contributed by atoms with Crippen molar-refractivity contribution >= 4 is 60.5 Å². The molecule has 0 aliphatic rings. The van der Waals surface area contributed by atoms with Gasteiger partial charge in [-0.25, -0.2) is 0 Å². The molecular formula is C62H41NO. The Morgan fingerprint density at radius 1 is 0.234 bits per heavy atom. The second-order valence-electron chi connectivity index (χ2n) is 16.4. The summed E-state index contributed by atoms with van der Waals surface area (Å²) >= 11 is 0. The molecule has 64 heavy (non-hydrogen) atoms. The van der Waals surface area contributed by atoms with Crippen LogP contribution in [0.2, 0.25) is 0 Å². The maximum atomic E-state index is 6.80. The van der Waals surface area contributed by atoms with Crippen molar-refractivity contribution in [3.8, 4) is 55.6 Å².